The van der Waals surface area contributed by atoms with E-state index in [1.165, 1.54) is 0 Å². The zero-order valence-corrected chi connectivity index (χ0v) is 14.0. The Kier molecular flexibility index (Phi) is 8.56. The summed E-state index contributed by atoms with van der Waals surface area (Å²) in [4.78, 5) is 6.73. The Morgan fingerprint density at radius 3 is 2.65 bits per heavy atom. The van der Waals surface area contributed by atoms with E-state index in [-0.39, 0.29) is 24.0 Å². The molecule has 20 heavy (non-hydrogen) atoms. The van der Waals surface area contributed by atoms with Crippen molar-refractivity contribution in [2.75, 3.05) is 44.7 Å². The van der Waals surface area contributed by atoms with Crippen LogP contribution < -0.4 is 11.1 Å². The van der Waals surface area contributed by atoms with Gasteiger partial charge in [-0.25, -0.2) is 0 Å². The number of benzene rings is 1. The topological polar surface area (TPSA) is 62.9 Å². The second-order valence-corrected chi connectivity index (χ2v) is 4.57. The summed E-state index contributed by atoms with van der Waals surface area (Å²) < 4.78 is 5.31. The molecule has 6 heteroatoms. The Balaban J connectivity index is 0.00000200. The Hall–Kier alpha value is -0.860. The van der Waals surface area contributed by atoms with Crippen LogP contribution in [0.1, 0.15) is 6.42 Å². The van der Waals surface area contributed by atoms with Gasteiger partial charge in [0.1, 0.15) is 0 Å². The van der Waals surface area contributed by atoms with Gasteiger partial charge in [-0.05, 0) is 18.6 Å². The van der Waals surface area contributed by atoms with Crippen LogP contribution in [-0.4, -0.2) is 50.3 Å². The Morgan fingerprint density at radius 2 is 1.95 bits per heavy atom. The van der Waals surface area contributed by atoms with E-state index in [1.807, 2.05) is 30.3 Å². The van der Waals surface area contributed by atoms with Crippen LogP contribution in [0.25, 0.3) is 0 Å². The predicted octanol–water partition coefficient (Wildman–Crippen LogP) is 1.75. The molecule has 2 rings (SSSR count). The van der Waals surface area contributed by atoms with Gasteiger partial charge in [-0.3, -0.25) is 9.89 Å². The van der Waals surface area contributed by atoms with Crippen molar-refractivity contribution in [2.24, 2.45) is 10.7 Å². The maximum atomic E-state index is 5.83. The van der Waals surface area contributed by atoms with E-state index in [9.17, 15) is 0 Å². The lowest BCUT2D eigenvalue weighted by Gasteiger charge is -2.26. The Morgan fingerprint density at radius 1 is 1.25 bits per heavy atom. The number of nitrogens with one attached hydrogen (secondary N) is 1. The summed E-state index contributed by atoms with van der Waals surface area (Å²) in [5.74, 6) is 0.480. The van der Waals surface area contributed by atoms with Gasteiger partial charge in [0.2, 0.25) is 0 Å². The maximum Gasteiger partial charge on any atom is 0.193 e. The molecular weight excluding hydrogens is 367 g/mol. The molecule has 0 spiro atoms. The fourth-order valence-electron chi connectivity index (χ4n) is 2.03. The molecule has 1 aliphatic heterocycles. The van der Waals surface area contributed by atoms with E-state index in [4.69, 9.17) is 10.5 Å². The number of morpholine rings is 1. The standard InChI is InChI=1S/C14H22N4O.HI/c15-14(17-13-5-2-1-3-6-13)16-7-4-8-18-9-11-19-12-10-18;/h1-3,5-6H,4,7-12H2,(H3,15,16,17);1H. The lowest BCUT2D eigenvalue weighted by atomic mass is 10.3. The van der Waals surface area contributed by atoms with E-state index in [0.29, 0.717) is 5.96 Å². The first kappa shape index (κ1) is 17.2. The molecule has 0 aromatic heterocycles. The number of nitrogens with two attached hydrogens (primary N) is 1. The summed E-state index contributed by atoms with van der Waals surface area (Å²) in [6.07, 6.45) is 1.02. The number of guanidine groups is 1. The lowest BCUT2D eigenvalue weighted by molar-refractivity contribution is 0.0377. The molecule has 1 aromatic rings. The highest BCUT2D eigenvalue weighted by Gasteiger charge is 2.08. The van der Waals surface area contributed by atoms with Crippen molar-refractivity contribution >= 4 is 35.6 Å². The van der Waals surface area contributed by atoms with E-state index >= 15 is 0 Å². The van der Waals surface area contributed by atoms with E-state index in [0.717, 1.165) is 51.5 Å². The quantitative estimate of drug-likeness (QED) is 0.348. The number of para-hydroxylation sites is 1. The SMILES string of the molecule is I.NC(=NCCCN1CCOCC1)Nc1ccccc1. The molecule has 0 amide bonds. The number of hydrogen-bond acceptors (Lipinski definition) is 3. The van der Waals surface area contributed by atoms with Crippen LogP contribution in [0.2, 0.25) is 0 Å². The highest BCUT2D eigenvalue weighted by molar-refractivity contribution is 14.0. The van der Waals surface area contributed by atoms with Gasteiger partial charge in [-0.2, -0.15) is 0 Å². The van der Waals surface area contributed by atoms with Gasteiger partial charge in [0, 0.05) is 31.9 Å². The molecule has 1 heterocycles. The minimum atomic E-state index is 0. The van der Waals surface area contributed by atoms with Crippen LogP contribution in [0.5, 0.6) is 0 Å². The van der Waals surface area contributed by atoms with Crippen molar-refractivity contribution in [1.82, 2.24) is 4.90 Å². The zero-order chi connectivity index (χ0) is 13.3. The normalized spacial score (nSPS) is 16.5. The average molecular weight is 390 g/mol. The van der Waals surface area contributed by atoms with Gasteiger partial charge in [0.15, 0.2) is 5.96 Å². The lowest BCUT2D eigenvalue weighted by Crippen LogP contribution is -2.37. The van der Waals surface area contributed by atoms with Gasteiger partial charge < -0.3 is 15.8 Å². The number of nitrogens with zero attached hydrogens (tertiary/aromatic N) is 2. The first-order valence-electron chi connectivity index (χ1n) is 6.77. The van der Waals surface area contributed by atoms with Crippen LogP contribution in [-0.2, 0) is 4.74 Å². The van der Waals surface area contributed by atoms with Gasteiger partial charge in [-0.1, -0.05) is 18.2 Å². The summed E-state index contributed by atoms with van der Waals surface area (Å²) in [5, 5.41) is 3.07. The summed E-state index contributed by atoms with van der Waals surface area (Å²) in [6.45, 7) is 5.57. The van der Waals surface area contributed by atoms with Gasteiger partial charge in [0.05, 0.1) is 13.2 Å². The van der Waals surface area contributed by atoms with E-state index in [2.05, 4.69) is 15.2 Å². The molecule has 5 nitrogen and oxygen atoms in total. The zero-order valence-electron chi connectivity index (χ0n) is 11.6. The molecule has 0 bridgehead atoms. The summed E-state index contributed by atoms with van der Waals surface area (Å²) in [5.41, 5.74) is 6.80. The number of rotatable bonds is 5. The molecule has 0 aliphatic carbocycles. The molecule has 1 saturated heterocycles. The second-order valence-electron chi connectivity index (χ2n) is 4.57. The molecule has 0 atom stereocenters. The second kappa shape index (κ2) is 9.95. The molecule has 3 N–H and O–H groups in total. The van der Waals surface area contributed by atoms with Crippen molar-refractivity contribution in [3.8, 4) is 0 Å². The van der Waals surface area contributed by atoms with Crippen molar-refractivity contribution in [3.63, 3.8) is 0 Å². The number of ether oxygens (including phenoxy) is 1. The minimum Gasteiger partial charge on any atom is -0.379 e. The third-order valence-electron chi connectivity index (χ3n) is 3.06. The van der Waals surface area contributed by atoms with Crippen LogP contribution in [0.3, 0.4) is 0 Å². The largest absolute Gasteiger partial charge is 0.379 e. The van der Waals surface area contributed by atoms with E-state index in [1.54, 1.807) is 0 Å². The molecule has 0 radical (unpaired) electrons. The molecular formula is C14H23IN4O. The highest BCUT2D eigenvalue weighted by Crippen LogP contribution is 2.04. The van der Waals surface area contributed by atoms with Crippen LogP contribution in [0.15, 0.2) is 35.3 Å². The fourth-order valence-corrected chi connectivity index (χ4v) is 2.03. The first-order chi connectivity index (χ1) is 9.34. The summed E-state index contributed by atoms with van der Waals surface area (Å²) in [7, 11) is 0. The molecule has 0 unspecified atom stereocenters. The number of hydrogen-bond donors (Lipinski definition) is 2. The summed E-state index contributed by atoms with van der Waals surface area (Å²) in [6, 6.07) is 9.84. The van der Waals surface area contributed by atoms with Crippen LogP contribution in [0.4, 0.5) is 5.69 Å². The number of aliphatic imine (C=N–C) groups is 1. The molecule has 1 aromatic carbocycles. The first-order valence-corrected chi connectivity index (χ1v) is 6.77. The Labute approximate surface area is 137 Å². The third-order valence-corrected chi connectivity index (χ3v) is 3.06. The van der Waals surface area contributed by atoms with Crippen molar-refractivity contribution in [3.05, 3.63) is 30.3 Å². The predicted molar refractivity (Wildman–Crippen MR) is 93.8 cm³/mol. The van der Waals surface area contributed by atoms with Crippen molar-refractivity contribution in [1.29, 1.82) is 0 Å². The van der Waals surface area contributed by atoms with Gasteiger partial charge >= 0.3 is 0 Å². The van der Waals surface area contributed by atoms with Crippen LogP contribution >= 0.6 is 24.0 Å². The molecule has 1 aliphatic rings. The maximum absolute atomic E-state index is 5.83. The van der Waals surface area contributed by atoms with Gasteiger partial charge in [-0.15, -0.1) is 24.0 Å². The summed E-state index contributed by atoms with van der Waals surface area (Å²) >= 11 is 0. The molecule has 1 fully saturated rings. The fraction of sp³-hybridized carbons (Fsp3) is 0.500. The molecule has 0 saturated carbocycles. The number of halogens is 1. The highest BCUT2D eigenvalue weighted by atomic mass is 127. The smallest absolute Gasteiger partial charge is 0.193 e. The van der Waals surface area contributed by atoms with Gasteiger partial charge in [0.25, 0.3) is 0 Å². The minimum absolute atomic E-state index is 0. The monoisotopic (exact) mass is 390 g/mol. The average Bonchev–Trinajstić information content (AvgIpc) is 2.46. The molecule has 112 valence electrons. The number of anilines is 1. The van der Waals surface area contributed by atoms with Crippen molar-refractivity contribution in [2.45, 2.75) is 6.42 Å². The Bertz CT molecular complexity index is 393. The van der Waals surface area contributed by atoms with Crippen molar-refractivity contribution < 1.29 is 4.74 Å². The third kappa shape index (κ3) is 6.53. The van der Waals surface area contributed by atoms with Crippen LogP contribution in [0, 0.1) is 0 Å². The van der Waals surface area contributed by atoms with E-state index < -0.39 is 0 Å².